The number of amides is 1. The van der Waals surface area contributed by atoms with Crippen molar-refractivity contribution in [2.75, 3.05) is 13.7 Å². The molecule has 0 saturated heterocycles. The van der Waals surface area contributed by atoms with Crippen LogP contribution >= 0.6 is 11.6 Å². The lowest BCUT2D eigenvalue weighted by Gasteiger charge is -2.17. The Morgan fingerprint density at radius 1 is 1.22 bits per heavy atom. The summed E-state index contributed by atoms with van der Waals surface area (Å²) < 4.78 is 4.91. The average molecular weight is 389 g/mol. The molecule has 0 aliphatic rings. The van der Waals surface area contributed by atoms with Gasteiger partial charge in [0.15, 0.2) is 6.61 Å². The first-order chi connectivity index (χ1) is 12.8. The Balaban J connectivity index is 1.83. The Kier molecular flexibility index (Phi) is 7.08. The molecule has 0 unspecified atom stereocenters. The third kappa shape index (κ3) is 6.56. The van der Waals surface area contributed by atoms with Gasteiger partial charge in [0.05, 0.1) is 4.92 Å². The predicted octanol–water partition coefficient (Wildman–Crippen LogP) is 3.46. The van der Waals surface area contributed by atoms with Gasteiger partial charge in [-0.3, -0.25) is 14.9 Å². The highest BCUT2D eigenvalue weighted by atomic mass is 35.5. The lowest BCUT2D eigenvalue weighted by Crippen LogP contribution is -2.30. The maximum Gasteiger partial charge on any atom is 0.331 e. The Labute approximate surface area is 161 Å². The third-order valence-corrected chi connectivity index (χ3v) is 3.84. The number of nitro groups is 1. The Hall–Kier alpha value is -3.19. The summed E-state index contributed by atoms with van der Waals surface area (Å²) in [5.41, 5.74) is 1.30. The van der Waals surface area contributed by atoms with Crippen LogP contribution in [0.25, 0.3) is 6.08 Å². The molecule has 0 spiro atoms. The van der Waals surface area contributed by atoms with Crippen molar-refractivity contribution < 1.29 is 19.2 Å². The van der Waals surface area contributed by atoms with E-state index < -0.39 is 17.5 Å². The smallest absolute Gasteiger partial charge is 0.331 e. The van der Waals surface area contributed by atoms with E-state index in [-0.39, 0.29) is 11.6 Å². The van der Waals surface area contributed by atoms with Crippen molar-refractivity contribution in [3.63, 3.8) is 0 Å². The fraction of sp³-hybridized carbons (Fsp3) is 0.158. The van der Waals surface area contributed by atoms with Gasteiger partial charge in [-0.05, 0) is 29.3 Å². The molecule has 0 bridgehead atoms. The number of carbonyl (C=O) groups excluding carboxylic acids is 2. The topological polar surface area (TPSA) is 89.8 Å². The minimum absolute atomic E-state index is 0.0791. The van der Waals surface area contributed by atoms with Gasteiger partial charge in [0.25, 0.3) is 11.6 Å². The molecule has 2 aromatic carbocycles. The molecule has 0 aliphatic carbocycles. The Morgan fingerprint density at radius 3 is 2.59 bits per heavy atom. The number of halogens is 1. The Morgan fingerprint density at radius 2 is 1.93 bits per heavy atom. The van der Waals surface area contributed by atoms with Crippen molar-refractivity contribution in [3.8, 4) is 0 Å². The molecule has 7 nitrogen and oxygen atoms in total. The summed E-state index contributed by atoms with van der Waals surface area (Å²) in [5, 5.41) is 11.3. The van der Waals surface area contributed by atoms with Gasteiger partial charge in [-0.15, -0.1) is 0 Å². The van der Waals surface area contributed by atoms with E-state index in [9.17, 15) is 19.7 Å². The van der Waals surface area contributed by atoms with Gasteiger partial charge in [-0.1, -0.05) is 35.9 Å². The molecule has 27 heavy (non-hydrogen) atoms. The zero-order valence-electron chi connectivity index (χ0n) is 14.5. The predicted molar refractivity (Wildman–Crippen MR) is 101 cm³/mol. The number of likely N-dealkylation sites (N-methyl/N-ethyl adjacent to an activating group) is 1. The normalized spacial score (nSPS) is 10.6. The van der Waals surface area contributed by atoms with Crippen LogP contribution in [0.2, 0.25) is 5.02 Å². The number of non-ortho nitro benzene ring substituents is 1. The average Bonchev–Trinajstić information content (AvgIpc) is 2.66. The SMILES string of the molecule is CN(Cc1ccc(Cl)cc1)C(=O)COC(=O)/C=C/c1cccc([N+](=O)[O-])c1. The van der Waals surface area contributed by atoms with Crippen LogP contribution in [0.4, 0.5) is 5.69 Å². The largest absolute Gasteiger partial charge is 0.452 e. The molecule has 0 aromatic heterocycles. The summed E-state index contributed by atoms with van der Waals surface area (Å²) in [6, 6.07) is 12.9. The molecule has 2 aromatic rings. The number of nitrogens with zero attached hydrogens (tertiary/aromatic N) is 2. The van der Waals surface area contributed by atoms with Crippen LogP contribution in [-0.2, 0) is 20.9 Å². The molecule has 0 saturated carbocycles. The highest BCUT2D eigenvalue weighted by Gasteiger charge is 2.11. The van der Waals surface area contributed by atoms with Gasteiger partial charge >= 0.3 is 5.97 Å². The fourth-order valence-corrected chi connectivity index (χ4v) is 2.28. The van der Waals surface area contributed by atoms with Crippen LogP contribution in [0.3, 0.4) is 0 Å². The molecule has 0 fully saturated rings. The second kappa shape index (κ2) is 9.49. The molecule has 1 amide bonds. The summed E-state index contributed by atoms with van der Waals surface area (Å²) >= 11 is 5.82. The maximum atomic E-state index is 12.0. The minimum Gasteiger partial charge on any atom is -0.452 e. The van der Waals surface area contributed by atoms with Gasteiger partial charge in [-0.25, -0.2) is 4.79 Å². The summed E-state index contributed by atoms with van der Waals surface area (Å²) in [5.74, 6) is -1.07. The zero-order valence-corrected chi connectivity index (χ0v) is 15.3. The summed E-state index contributed by atoms with van der Waals surface area (Å²) in [7, 11) is 1.60. The van der Waals surface area contributed by atoms with Gasteiger partial charge < -0.3 is 9.64 Å². The molecule has 0 aliphatic heterocycles. The van der Waals surface area contributed by atoms with Gasteiger partial charge in [0.2, 0.25) is 0 Å². The standard InChI is InChI=1S/C19H17ClN2O5/c1-21(12-15-5-8-16(20)9-6-15)18(23)13-27-19(24)10-7-14-3-2-4-17(11-14)22(25)26/h2-11H,12-13H2,1H3/b10-7+. The number of carbonyl (C=O) groups is 2. The number of ether oxygens (including phenoxy) is 1. The lowest BCUT2D eigenvalue weighted by atomic mass is 10.2. The lowest BCUT2D eigenvalue weighted by molar-refractivity contribution is -0.384. The van der Waals surface area contributed by atoms with Crippen LogP contribution in [0.15, 0.2) is 54.6 Å². The maximum absolute atomic E-state index is 12.0. The molecule has 0 radical (unpaired) electrons. The van der Waals surface area contributed by atoms with Crippen molar-refractivity contribution in [2.24, 2.45) is 0 Å². The minimum atomic E-state index is -0.713. The van der Waals surface area contributed by atoms with E-state index in [1.54, 1.807) is 37.4 Å². The molecule has 0 N–H and O–H groups in total. The molecule has 8 heteroatoms. The third-order valence-electron chi connectivity index (χ3n) is 3.59. The van der Waals surface area contributed by atoms with Crippen molar-refractivity contribution in [1.82, 2.24) is 4.90 Å². The quantitative estimate of drug-likeness (QED) is 0.313. The van der Waals surface area contributed by atoms with Crippen molar-refractivity contribution >= 4 is 35.2 Å². The van der Waals surface area contributed by atoms with Gasteiger partial charge in [0.1, 0.15) is 0 Å². The first-order valence-corrected chi connectivity index (χ1v) is 8.30. The molecule has 0 atom stereocenters. The highest BCUT2D eigenvalue weighted by molar-refractivity contribution is 6.30. The molecule has 140 valence electrons. The number of rotatable bonds is 7. The summed E-state index contributed by atoms with van der Waals surface area (Å²) in [6.07, 6.45) is 2.50. The van der Waals surface area contributed by atoms with Crippen LogP contribution in [0.1, 0.15) is 11.1 Å². The van der Waals surface area contributed by atoms with E-state index in [2.05, 4.69) is 0 Å². The number of hydrogen-bond acceptors (Lipinski definition) is 5. The first-order valence-electron chi connectivity index (χ1n) is 7.93. The van der Waals surface area contributed by atoms with Gasteiger partial charge in [-0.2, -0.15) is 0 Å². The number of benzene rings is 2. The molecule has 0 heterocycles. The highest BCUT2D eigenvalue weighted by Crippen LogP contribution is 2.14. The molecule has 2 rings (SSSR count). The second-order valence-electron chi connectivity index (χ2n) is 5.67. The van der Waals surface area contributed by atoms with E-state index in [1.807, 2.05) is 0 Å². The monoisotopic (exact) mass is 388 g/mol. The van der Waals surface area contributed by atoms with E-state index in [0.29, 0.717) is 17.1 Å². The van der Waals surface area contributed by atoms with E-state index >= 15 is 0 Å². The van der Waals surface area contributed by atoms with Crippen LogP contribution in [-0.4, -0.2) is 35.4 Å². The number of esters is 1. The fourth-order valence-electron chi connectivity index (χ4n) is 2.15. The molecular formula is C19H17ClN2O5. The second-order valence-corrected chi connectivity index (χ2v) is 6.11. The van der Waals surface area contributed by atoms with Crippen LogP contribution in [0, 0.1) is 10.1 Å². The van der Waals surface area contributed by atoms with E-state index in [0.717, 1.165) is 11.6 Å². The summed E-state index contributed by atoms with van der Waals surface area (Å²) in [6.45, 7) is -0.0424. The first kappa shape index (κ1) is 20.1. The number of nitro benzene ring substituents is 1. The van der Waals surface area contributed by atoms with Crippen molar-refractivity contribution in [2.45, 2.75) is 6.54 Å². The van der Waals surface area contributed by atoms with E-state index in [4.69, 9.17) is 16.3 Å². The van der Waals surface area contributed by atoms with Gasteiger partial charge in [0, 0.05) is 36.8 Å². The van der Waals surface area contributed by atoms with Crippen molar-refractivity contribution in [3.05, 3.63) is 80.9 Å². The molecular weight excluding hydrogens is 372 g/mol. The zero-order chi connectivity index (χ0) is 19.8. The Bertz CT molecular complexity index is 865. The van der Waals surface area contributed by atoms with Crippen LogP contribution < -0.4 is 0 Å². The van der Waals surface area contributed by atoms with Crippen LogP contribution in [0.5, 0.6) is 0 Å². The number of hydrogen-bond donors (Lipinski definition) is 0. The van der Waals surface area contributed by atoms with E-state index in [1.165, 1.54) is 29.2 Å². The summed E-state index contributed by atoms with van der Waals surface area (Å²) in [4.78, 5) is 35.4. The van der Waals surface area contributed by atoms with Crippen molar-refractivity contribution in [1.29, 1.82) is 0 Å².